The van der Waals surface area contributed by atoms with Crippen LogP contribution in [0.4, 0.5) is 8.78 Å². The second-order valence-corrected chi connectivity index (χ2v) is 5.71. The number of nitrogens with one attached hydrogen (secondary N) is 1. The number of likely N-dealkylation sites (N-methyl/N-ethyl adjacent to an activating group) is 1. The van der Waals surface area contributed by atoms with E-state index in [1.807, 2.05) is 29.6 Å². The van der Waals surface area contributed by atoms with Gasteiger partial charge in [0.2, 0.25) is 6.43 Å². The van der Waals surface area contributed by atoms with E-state index in [0.717, 1.165) is 10.1 Å². The number of benzene rings is 1. The minimum atomic E-state index is -2.41. The number of rotatable bonds is 4. The molecule has 0 aliphatic rings. The number of thiophene rings is 1. The van der Waals surface area contributed by atoms with Crippen molar-refractivity contribution in [3.05, 3.63) is 35.2 Å². The van der Waals surface area contributed by atoms with Crippen LogP contribution in [0.25, 0.3) is 10.1 Å². The molecular formula is C14H17F2NS. The fourth-order valence-electron chi connectivity index (χ4n) is 2.17. The van der Waals surface area contributed by atoms with Gasteiger partial charge in [-0.1, -0.05) is 6.07 Å². The van der Waals surface area contributed by atoms with Crippen LogP contribution in [0.15, 0.2) is 29.6 Å². The highest BCUT2D eigenvalue weighted by atomic mass is 32.1. The molecule has 2 unspecified atom stereocenters. The highest BCUT2D eigenvalue weighted by Crippen LogP contribution is 2.36. The Kier molecular flexibility index (Phi) is 3.69. The van der Waals surface area contributed by atoms with Crippen LogP contribution in [0.5, 0.6) is 0 Å². The summed E-state index contributed by atoms with van der Waals surface area (Å²) in [7, 11) is 1.72. The quantitative estimate of drug-likeness (QED) is 0.883. The summed E-state index contributed by atoms with van der Waals surface area (Å²) >= 11 is 1.63. The van der Waals surface area contributed by atoms with Crippen molar-refractivity contribution in [3.8, 4) is 0 Å². The lowest BCUT2D eigenvalue weighted by molar-refractivity contribution is 0.0408. The molecule has 0 bridgehead atoms. The van der Waals surface area contributed by atoms with Crippen molar-refractivity contribution >= 4 is 21.4 Å². The van der Waals surface area contributed by atoms with Gasteiger partial charge in [0, 0.05) is 10.7 Å². The highest BCUT2D eigenvalue weighted by Gasteiger charge is 2.41. The summed E-state index contributed by atoms with van der Waals surface area (Å²) in [6.07, 6.45) is -2.41. The van der Waals surface area contributed by atoms with E-state index in [-0.39, 0.29) is 6.04 Å². The fraction of sp³-hybridized carbons (Fsp3) is 0.429. The Labute approximate surface area is 110 Å². The average Bonchev–Trinajstić information content (AvgIpc) is 2.83. The smallest absolute Gasteiger partial charge is 0.249 e. The molecule has 0 saturated heterocycles. The van der Waals surface area contributed by atoms with E-state index in [2.05, 4.69) is 5.32 Å². The van der Waals surface area contributed by atoms with Crippen molar-refractivity contribution in [1.82, 2.24) is 5.32 Å². The predicted molar refractivity (Wildman–Crippen MR) is 73.7 cm³/mol. The van der Waals surface area contributed by atoms with Gasteiger partial charge in [0.1, 0.15) is 0 Å². The van der Waals surface area contributed by atoms with Gasteiger partial charge < -0.3 is 5.32 Å². The van der Waals surface area contributed by atoms with Crippen LogP contribution >= 0.6 is 11.3 Å². The highest BCUT2D eigenvalue weighted by molar-refractivity contribution is 7.17. The fourth-order valence-corrected chi connectivity index (χ4v) is 2.94. The summed E-state index contributed by atoms with van der Waals surface area (Å²) in [6, 6.07) is 7.30. The van der Waals surface area contributed by atoms with E-state index in [1.165, 1.54) is 0 Å². The monoisotopic (exact) mass is 269 g/mol. The summed E-state index contributed by atoms with van der Waals surface area (Å²) in [4.78, 5) is 0. The van der Waals surface area contributed by atoms with Crippen LogP contribution in [0.1, 0.15) is 19.4 Å². The standard InChI is InChI=1S/C14H17F2NS/c1-9(17-3)14(2,13(15)16)11-4-5-12-10(8-11)6-7-18-12/h4-9,13,17H,1-3H3. The summed E-state index contributed by atoms with van der Waals surface area (Å²) in [5.41, 5.74) is -0.490. The topological polar surface area (TPSA) is 12.0 Å². The van der Waals surface area contributed by atoms with E-state index < -0.39 is 11.8 Å². The average molecular weight is 269 g/mol. The maximum absolute atomic E-state index is 13.5. The molecule has 1 aromatic carbocycles. The molecule has 4 heteroatoms. The second kappa shape index (κ2) is 4.94. The van der Waals surface area contributed by atoms with Gasteiger partial charge >= 0.3 is 0 Å². The number of hydrogen-bond donors (Lipinski definition) is 1. The molecular weight excluding hydrogens is 252 g/mol. The van der Waals surface area contributed by atoms with Crippen molar-refractivity contribution in [2.45, 2.75) is 31.7 Å². The minimum absolute atomic E-state index is 0.298. The Bertz CT molecular complexity index is 537. The first-order valence-corrected chi connectivity index (χ1v) is 6.81. The first kappa shape index (κ1) is 13.4. The van der Waals surface area contributed by atoms with Crippen molar-refractivity contribution in [2.75, 3.05) is 7.05 Å². The number of fused-ring (bicyclic) bond motifs is 1. The molecule has 1 nitrogen and oxygen atoms in total. The summed E-state index contributed by atoms with van der Waals surface area (Å²) in [6.45, 7) is 3.41. The molecule has 0 amide bonds. The molecule has 0 fully saturated rings. The number of hydrogen-bond acceptors (Lipinski definition) is 2. The molecule has 0 aliphatic heterocycles. The normalized spacial score (nSPS) is 17.0. The zero-order valence-electron chi connectivity index (χ0n) is 10.7. The molecule has 0 aliphatic carbocycles. The van der Waals surface area contributed by atoms with E-state index >= 15 is 0 Å². The minimum Gasteiger partial charge on any atom is -0.316 e. The Morgan fingerprint density at radius 1 is 1.28 bits per heavy atom. The molecule has 2 rings (SSSR count). The van der Waals surface area contributed by atoms with Gasteiger partial charge in [-0.05, 0) is 55.4 Å². The van der Waals surface area contributed by atoms with Crippen LogP contribution in [0.2, 0.25) is 0 Å². The third-order valence-corrected chi connectivity index (χ3v) is 4.76. The number of alkyl halides is 2. The van der Waals surface area contributed by atoms with E-state index in [1.54, 1.807) is 32.2 Å². The summed E-state index contributed by atoms with van der Waals surface area (Å²) in [5.74, 6) is 0. The Hall–Kier alpha value is -1.00. The van der Waals surface area contributed by atoms with Gasteiger partial charge in [0.15, 0.2) is 0 Å². The van der Waals surface area contributed by atoms with Crippen LogP contribution in [-0.4, -0.2) is 19.5 Å². The van der Waals surface area contributed by atoms with Crippen LogP contribution in [-0.2, 0) is 5.41 Å². The van der Waals surface area contributed by atoms with Gasteiger partial charge in [-0.2, -0.15) is 0 Å². The molecule has 1 N–H and O–H groups in total. The van der Waals surface area contributed by atoms with Crippen molar-refractivity contribution in [1.29, 1.82) is 0 Å². The Morgan fingerprint density at radius 3 is 2.61 bits per heavy atom. The van der Waals surface area contributed by atoms with Crippen molar-refractivity contribution < 1.29 is 8.78 Å². The maximum Gasteiger partial charge on any atom is 0.249 e. The molecule has 0 saturated carbocycles. The van der Waals surface area contributed by atoms with Gasteiger partial charge in [0.25, 0.3) is 0 Å². The molecule has 2 atom stereocenters. The lowest BCUT2D eigenvalue weighted by Gasteiger charge is -2.35. The Morgan fingerprint density at radius 2 is 2.00 bits per heavy atom. The molecule has 98 valence electrons. The van der Waals surface area contributed by atoms with Crippen LogP contribution in [0, 0.1) is 0 Å². The van der Waals surface area contributed by atoms with Crippen molar-refractivity contribution in [3.63, 3.8) is 0 Å². The largest absolute Gasteiger partial charge is 0.316 e. The summed E-state index contributed by atoms with van der Waals surface area (Å²) < 4.78 is 28.1. The van der Waals surface area contributed by atoms with Gasteiger partial charge in [-0.25, -0.2) is 8.78 Å². The van der Waals surface area contributed by atoms with Gasteiger partial charge in [0.05, 0.1) is 5.41 Å². The predicted octanol–water partition coefficient (Wildman–Crippen LogP) is 4.03. The lowest BCUT2D eigenvalue weighted by Crippen LogP contribution is -2.48. The maximum atomic E-state index is 13.5. The molecule has 2 aromatic rings. The lowest BCUT2D eigenvalue weighted by atomic mass is 9.76. The van der Waals surface area contributed by atoms with Crippen molar-refractivity contribution in [2.24, 2.45) is 0 Å². The SMILES string of the molecule is CNC(C)C(C)(c1ccc2sccc2c1)C(F)F. The zero-order chi connectivity index (χ0) is 13.3. The molecule has 0 radical (unpaired) electrons. The number of halogens is 2. The molecule has 18 heavy (non-hydrogen) atoms. The van der Waals surface area contributed by atoms with Gasteiger partial charge in [-0.3, -0.25) is 0 Å². The first-order chi connectivity index (χ1) is 8.50. The third-order valence-electron chi connectivity index (χ3n) is 3.86. The zero-order valence-corrected chi connectivity index (χ0v) is 11.5. The van der Waals surface area contributed by atoms with E-state index in [0.29, 0.717) is 5.56 Å². The summed E-state index contributed by atoms with van der Waals surface area (Å²) in [5, 5.41) is 5.97. The van der Waals surface area contributed by atoms with E-state index in [4.69, 9.17) is 0 Å². The Balaban J connectivity index is 2.53. The molecule has 0 spiro atoms. The first-order valence-electron chi connectivity index (χ1n) is 5.93. The van der Waals surface area contributed by atoms with Crippen LogP contribution < -0.4 is 5.32 Å². The van der Waals surface area contributed by atoms with Crippen LogP contribution in [0.3, 0.4) is 0 Å². The third kappa shape index (κ3) is 2.04. The molecule has 1 heterocycles. The second-order valence-electron chi connectivity index (χ2n) is 4.77. The van der Waals surface area contributed by atoms with E-state index in [9.17, 15) is 8.78 Å². The molecule has 1 aromatic heterocycles. The van der Waals surface area contributed by atoms with Gasteiger partial charge in [-0.15, -0.1) is 11.3 Å².